The number of rotatable bonds is 4. The summed E-state index contributed by atoms with van der Waals surface area (Å²) < 4.78 is 6.28. The molecule has 3 aromatic rings. The first kappa shape index (κ1) is 14.7. The third-order valence-corrected chi connectivity index (χ3v) is 4.29. The van der Waals surface area contributed by atoms with Gasteiger partial charge >= 0.3 is 0 Å². The lowest BCUT2D eigenvalue weighted by molar-refractivity contribution is 0.415. The Hall–Kier alpha value is -2.18. The van der Waals surface area contributed by atoms with Gasteiger partial charge in [-0.1, -0.05) is 41.7 Å². The third-order valence-electron chi connectivity index (χ3n) is 3.11. The molecule has 2 N–H and O–H groups in total. The Balaban J connectivity index is 1.63. The van der Waals surface area contributed by atoms with E-state index in [0.717, 1.165) is 21.1 Å². The summed E-state index contributed by atoms with van der Waals surface area (Å²) in [5.74, 6) is 0.826. The van der Waals surface area contributed by atoms with Gasteiger partial charge in [0.15, 0.2) is 10.2 Å². The lowest BCUT2D eigenvalue weighted by Gasteiger charge is -2.07. The number of hydrogen-bond donors (Lipinski definition) is 2. The fourth-order valence-electron chi connectivity index (χ4n) is 2.00. The molecule has 3 rings (SSSR count). The van der Waals surface area contributed by atoms with Gasteiger partial charge in [0.05, 0.1) is 17.3 Å². The minimum atomic E-state index is 0.565. The monoisotopic (exact) mass is 329 g/mol. The number of nitrogens with zero attached hydrogens (tertiary/aromatic N) is 1. The van der Waals surface area contributed by atoms with Crippen LogP contribution in [0.25, 0.3) is 10.2 Å². The molecule has 1 heterocycles. The molecular formula is C16H15N3OS2. The highest BCUT2D eigenvalue weighted by Crippen LogP contribution is 2.29. The zero-order valence-electron chi connectivity index (χ0n) is 12.0. The summed E-state index contributed by atoms with van der Waals surface area (Å²) in [7, 11) is 1.66. The van der Waals surface area contributed by atoms with Crippen molar-refractivity contribution in [1.82, 2.24) is 10.3 Å². The standard InChI is InChI=1S/C16H15N3OS2/c1-20-12-7-8-13-14(9-12)22-16(18-13)19-15(21)17-10-11-5-3-2-4-6-11/h2-9H,10H2,1H3,(H2,17,18,19,21). The van der Waals surface area contributed by atoms with Crippen molar-refractivity contribution in [2.45, 2.75) is 6.54 Å². The molecule has 0 aliphatic heterocycles. The largest absolute Gasteiger partial charge is 0.497 e. The summed E-state index contributed by atoms with van der Waals surface area (Å²) in [4.78, 5) is 4.51. The van der Waals surface area contributed by atoms with Crippen LogP contribution in [0.4, 0.5) is 5.13 Å². The normalized spacial score (nSPS) is 10.4. The molecule has 0 amide bonds. The fourth-order valence-corrected chi connectivity index (χ4v) is 3.14. The summed E-state index contributed by atoms with van der Waals surface area (Å²) >= 11 is 6.86. The van der Waals surface area contributed by atoms with E-state index in [9.17, 15) is 0 Å². The average molecular weight is 329 g/mol. The second kappa shape index (κ2) is 6.72. The van der Waals surface area contributed by atoms with Gasteiger partial charge in [-0.2, -0.15) is 0 Å². The maximum absolute atomic E-state index is 5.31. The van der Waals surface area contributed by atoms with Crippen molar-refractivity contribution in [3.8, 4) is 5.75 Å². The Morgan fingerprint density at radius 3 is 2.82 bits per heavy atom. The summed E-state index contributed by atoms with van der Waals surface area (Å²) in [6.07, 6.45) is 0. The smallest absolute Gasteiger partial charge is 0.190 e. The number of nitrogens with one attached hydrogen (secondary N) is 2. The van der Waals surface area contributed by atoms with E-state index in [0.29, 0.717) is 11.7 Å². The maximum Gasteiger partial charge on any atom is 0.190 e. The predicted molar refractivity (Wildman–Crippen MR) is 95.7 cm³/mol. The van der Waals surface area contributed by atoms with Crippen LogP contribution in [0.1, 0.15) is 5.56 Å². The molecule has 0 saturated heterocycles. The Bertz CT molecular complexity index is 786. The molecule has 1 aromatic heterocycles. The lowest BCUT2D eigenvalue weighted by atomic mass is 10.2. The van der Waals surface area contributed by atoms with E-state index < -0.39 is 0 Å². The third kappa shape index (κ3) is 3.52. The van der Waals surface area contributed by atoms with Crippen molar-refractivity contribution in [3.05, 3.63) is 54.1 Å². The van der Waals surface area contributed by atoms with Gasteiger partial charge in [0.2, 0.25) is 0 Å². The first-order valence-electron chi connectivity index (χ1n) is 6.78. The molecule has 0 bridgehead atoms. The number of benzene rings is 2. The molecule has 2 aromatic carbocycles. The van der Waals surface area contributed by atoms with Crippen molar-refractivity contribution in [2.24, 2.45) is 0 Å². The number of hydrogen-bond acceptors (Lipinski definition) is 4. The molecule has 0 aliphatic rings. The van der Waals surface area contributed by atoms with Crippen LogP contribution in [0, 0.1) is 0 Å². The molecular weight excluding hydrogens is 314 g/mol. The van der Waals surface area contributed by atoms with Crippen molar-refractivity contribution in [1.29, 1.82) is 0 Å². The van der Waals surface area contributed by atoms with E-state index in [4.69, 9.17) is 17.0 Å². The average Bonchev–Trinajstić information content (AvgIpc) is 2.95. The number of anilines is 1. The molecule has 0 atom stereocenters. The first-order chi connectivity index (χ1) is 10.7. The number of fused-ring (bicyclic) bond motifs is 1. The minimum Gasteiger partial charge on any atom is -0.497 e. The van der Waals surface area contributed by atoms with Crippen molar-refractivity contribution >= 4 is 44.0 Å². The minimum absolute atomic E-state index is 0.565. The van der Waals surface area contributed by atoms with Gasteiger partial charge in [0, 0.05) is 6.54 Å². The van der Waals surface area contributed by atoms with Crippen LogP contribution in [0.3, 0.4) is 0 Å². The van der Waals surface area contributed by atoms with Crippen LogP contribution in [0.5, 0.6) is 5.75 Å². The number of methoxy groups -OCH3 is 1. The molecule has 0 fully saturated rings. The summed E-state index contributed by atoms with van der Waals surface area (Å²) in [6, 6.07) is 15.9. The van der Waals surface area contributed by atoms with Crippen LogP contribution in [0.15, 0.2) is 48.5 Å². The Kier molecular flexibility index (Phi) is 4.50. The second-order valence-corrected chi connectivity index (χ2v) is 6.08. The van der Waals surface area contributed by atoms with E-state index in [1.807, 2.05) is 36.4 Å². The summed E-state index contributed by atoms with van der Waals surface area (Å²) in [6.45, 7) is 0.686. The highest BCUT2D eigenvalue weighted by atomic mass is 32.1. The summed E-state index contributed by atoms with van der Waals surface area (Å²) in [5, 5.41) is 7.64. The number of ether oxygens (including phenoxy) is 1. The summed E-state index contributed by atoms with van der Waals surface area (Å²) in [5.41, 5.74) is 2.11. The molecule has 112 valence electrons. The van der Waals surface area contributed by atoms with E-state index >= 15 is 0 Å². The molecule has 22 heavy (non-hydrogen) atoms. The highest BCUT2D eigenvalue weighted by Gasteiger charge is 2.06. The van der Waals surface area contributed by atoms with Gasteiger partial charge in [-0.25, -0.2) is 4.98 Å². The van der Waals surface area contributed by atoms with Gasteiger partial charge < -0.3 is 15.4 Å². The lowest BCUT2D eigenvalue weighted by Crippen LogP contribution is -2.27. The van der Waals surface area contributed by atoms with E-state index in [1.165, 1.54) is 5.56 Å². The zero-order chi connectivity index (χ0) is 15.4. The molecule has 0 unspecified atom stereocenters. The van der Waals surface area contributed by atoms with Crippen molar-refractivity contribution in [2.75, 3.05) is 12.4 Å². The first-order valence-corrected chi connectivity index (χ1v) is 8.00. The van der Waals surface area contributed by atoms with Gasteiger partial charge in [-0.05, 0) is 36.0 Å². The van der Waals surface area contributed by atoms with Crippen LogP contribution in [-0.4, -0.2) is 17.2 Å². The van der Waals surface area contributed by atoms with E-state index in [-0.39, 0.29) is 0 Å². The second-order valence-electron chi connectivity index (χ2n) is 4.65. The highest BCUT2D eigenvalue weighted by molar-refractivity contribution is 7.80. The van der Waals surface area contributed by atoms with Crippen LogP contribution >= 0.6 is 23.6 Å². The van der Waals surface area contributed by atoms with Gasteiger partial charge in [-0.15, -0.1) is 0 Å². The van der Waals surface area contributed by atoms with Gasteiger partial charge in [0.25, 0.3) is 0 Å². The van der Waals surface area contributed by atoms with Crippen molar-refractivity contribution in [3.63, 3.8) is 0 Å². The number of thiocarbonyl (C=S) groups is 1. The number of aromatic nitrogens is 1. The van der Waals surface area contributed by atoms with E-state index in [1.54, 1.807) is 18.4 Å². The zero-order valence-corrected chi connectivity index (χ0v) is 13.6. The fraction of sp³-hybridized carbons (Fsp3) is 0.125. The quantitative estimate of drug-likeness (QED) is 0.713. The molecule has 0 aliphatic carbocycles. The Morgan fingerprint density at radius 1 is 1.23 bits per heavy atom. The van der Waals surface area contributed by atoms with Crippen LogP contribution < -0.4 is 15.4 Å². The SMILES string of the molecule is COc1ccc2nc(NC(=S)NCc3ccccc3)sc2c1. The van der Waals surface area contributed by atoms with Gasteiger partial charge in [-0.3, -0.25) is 0 Å². The predicted octanol–water partition coefficient (Wildman–Crippen LogP) is 3.79. The Morgan fingerprint density at radius 2 is 2.05 bits per heavy atom. The Labute approximate surface area is 138 Å². The van der Waals surface area contributed by atoms with Gasteiger partial charge in [0.1, 0.15) is 5.75 Å². The molecule has 4 nitrogen and oxygen atoms in total. The number of thiazole rings is 1. The van der Waals surface area contributed by atoms with E-state index in [2.05, 4.69) is 27.8 Å². The van der Waals surface area contributed by atoms with Crippen LogP contribution in [-0.2, 0) is 6.54 Å². The topological polar surface area (TPSA) is 46.2 Å². The maximum atomic E-state index is 5.31. The van der Waals surface area contributed by atoms with Crippen molar-refractivity contribution < 1.29 is 4.74 Å². The molecule has 0 spiro atoms. The van der Waals surface area contributed by atoms with Crippen LogP contribution in [0.2, 0.25) is 0 Å². The molecule has 0 saturated carbocycles. The molecule has 6 heteroatoms. The molecule has 0 radical (unpaired) electrons.